The molecule has 1 aromatic heterocycles. The number of phenolic OH excluding ortho intramolecular Hbond substituents is 1. The first kappa shape index (κ1) is 17.0. The molecule has 26 heavy (non-hydrogen) atoms. The number of benzene rings is 1. The van der Waals surface area contributed by atoms with Crippen molar-refractivity contribution in [2.45, 2.75) is 38.1 Å². The molecular formula is C19H24N4O3. The van der Waals surface area contributed by atoms with Crippen molar-refractivity contribution in [1.82, 2.24) is 19.9 Å². The summed E-state index contributed by atoms with van der Waals surface area (Å²) in [7, 11) is 0. The van der Waals surface area contributed by atoms with E-state index in [1.165, 1.54) is 18.9 Å². The van der Waals surface area contributed by atoms with Crippen molar-refractivity contribution in [2.24, 2.45) is 0 Å². The Hall–Kier alpha value is -2.41. The Bertz CT molecular complexity index is 762. The van der Waals surface area contributed by atoms with E-state index in [0.717, 1.165) is 31.8 Å². The van der Waals surface area contributed by atoms with Gasteiger partial charge in [0.05, 0.1) is 6.54 Å². The molecule has 1 aliphatic heterocycles. The minimum atomic E-state index is -0.0399. The summed E-state index contributed by atoms with van der Waals surface area (Å²) in [6.07, 6.45) is 4.83. The van der Waals surface area contributed by atoms with E-state index < -0.39 is 0 Å². The van der Waals surface area contributed by atoms with E-state index in [0.29, 0.717) is 37.0 Å². The van der Waals surface area contributed by atoms with Crippen LogP contribution in [0.5, 0.6) is 5.75 Å². The maximum Gasteiger partial charge on any atom is 0.254 e. The number of nitrogens with zero attached hydrogens (tertiary/aromatic N) is 4. The Morgan fingerprint density at radius 3 is 2.69 bits per heavy atom. The van der Waals surface area contributed by atoms with Gasteiger partial charge in [-0.05, 0) is 31.0 Å². The molecule has 0 unspecified atom stereocenters. The van der Waals surface area contributed by atoms with Crippen LogP contribution in [0.15, 0.2) is 28.8 Å². The monoisotopic (exact) mass is 356 g/mol. The quantitative estimate of drug-likeness (QED) is 0.906. The van der Waals surface area contributed by atoms with E-state index in [2.05, 4.69) is 15.0 Å². The van der Waals surface area contributed by atoms with Crippen LogP contribution < -0.4 is 0 Å². The van der Waals surface area contributed by atoms with Crippen molar-refractivity contribution in [1.29, 1.82) is 0 Å². The van der Waals surface area contributed by atoms with Gasteiger partial charge in [-0.1, -0.05) is 24.1 Å². The third-order valence-electron chi connectivity index (χ3n) is 5.32. The van der Waals surface area contributed by atoms with E-state index in [-0.39, 0.29) is 11.7 Å². The van der Waals surface area contributed by atoms with Crippen LogP contribution in [0, 0.1) is 0 Å². The van der Waals surface area contributed by atoms with Crippen molar-refractivity contribution in [2.75, 3.05) is 26.2 Å². The number of hydrogen-bond donors (Lipinski definition) is 1. The average molecular weight is 356 g/mol. The molecule has 0 atom stereocenters. The van der Waals surface area contributed by atoms with Gasteiger partial charge in [-0.2, -0.15) is 4.98 Å². The molecule has 1 saturated carbocycles. The van der Waals surface area contributed by atoms with Gasteiger partial charge in [0.2, 0.25) is 5.89 Å². The van der Waals surface area contributed by atoms with Crippen LogP contribution in [-0.4, -0.2) is 57.1 Å². The second-order valence-corrected chi connectivity index (χ2v) is 7.15. The first-order chi connectivity index (χ1) is 12.7. The number of carbonyl (C=O) groups is 1. The summed E-state index contributed by atoms with van der Waals surface area (Å²) in [6, 6.07) is 6.50. The fourth-order valence-corrected chi connectivity index (χ4v) is 3.80. The summed E-state index contributed by atoms with van der Waals surface area (Å²) in [5, 5.41) is 13.7. The van der Waals surface area contributed by atoms with Crippen molar-refractivity contribution >= 4 is 5.91 Å². The van der Waals surface area contributed by atoms with Gasteiger partial charge in [0, 0.05) is 37.7 Å². The van der Waals surface area contributed by atoms with E-state index >= 15 is 0 Å². The molecule has 2 heterocycles. The zero-order valence-electron chi connectivity index (χ0n) is 14.8. The lowest BCUT2D eigenvalue weighted by Crippen LogP contribution is -2.48. The molecule has 1 N–H and O–H groups in total. The number of piperazine rings is 1. The zero-order chi connectivity index (χ0) is 17.9. The molecule has 0 spiro atoms. The minimum absolute atomic E-state index is 0.0399. The molecule has 7 nitrogen and oxygen atoms in total. The summed E-state index contributed by atoms with van der Waals surface area (Å²) in [5.41, 5.74) is 0.525. The summed E-state index contributed by atoms with van der Waals surface area (Å²) >= 11 is 0. The van der Waals surface area contributed by atoms with Gasteiger partial charge in [0.25, 0.3) is 5.91 Å². The van der Waals surface area contributed by atoms with E-state index in [1.807, 2.05) is 4.90 Å². The standard InChI is InChI=1S/C19H24N4O3/c24-16-7-3-6-15(12-16)19(25)23-10-8-22(9-11-23)13-17-20-18(21-26-17)14-4-1-2-5-14/h3,6-7,12,14,24H,1-2,4-5,8-11,13H2. The van der Waals surface area contributed by atoms with Crippen LogP contribution >= 0.6 is 0 Å². The maximum atomic E-state index is 12.5. The molecule has 0 radical (unpaired) electrons. The van der Waals surface area contributed by atoms with Crippen LogP contribution in [0.3, 0.4) is 0 Å². The number of aromatic nitrogens is 2. The zero-order valence-corrected chi connectivity index (χ0v) is 14.8. The van der Waals surface area contributed by atoms with Gasteiger partial charge in [-0.3, -0.25) is 9.69 Å². The highest BCUT2D eigenvalue weighted by atomic mass is 16.5. The molecule has 7 heteroatoms. The topological polar surface area (TPSA) is 82.7 Å². The van der Waals surface area contributed by atoms with Gasteiger partial charge >= 0.3 is 0 Å². The van der Waals surface area contributed by atoms with Gasteiger partial charge in [0.15, 0.2) is 5.82 Å². The lowest BCUT2D eigenvalue weighted by Gasteiger charge is -2.34. The van der Waals surface area contributed by atoms with E-state index in [9.17, 15) is 9.90 Å². The number of rotatable bonds is 4. The summed E-state index contributed by atoms with van der Waals surface area (Å²) < 4.78 is 5.43. The number of amides is 1. The fourth-order valence-electron chi connectivity index (χ4n) is 3.80. The largest absolute Gasteiger partial charge is 0.508 e. The molecule has 2 fully saturated rings. The second-order valence-electron chi connectivity index (χ2n) is 7.15. The minimum Gasteiger partial charge on any atom is -0.508 e. The molecule has 1 amide bonds. The van der Waals surface area contributed by atoms with Crippen molar-refractivity contribution in [3.8, 4) is 5.75 Å². The number of carbonyl (C=O) groups excluding carboxylic acids is 1. The molecule has 1 aromatic carbocycles. The highest BCUT2D eigenvalue weighted by molar-refractivity contribution is 5.94. The van der Waals surface area contributed by atoms with Crippen molar-refractivity contribution in [3.05, 3.63) is 41.5 Å². The van der Waals surface area contributed by atoms with Gasteiger partial charge in [-0.25, -0.2) is 0 Å². The Labute approximate surface area is 152 Å². The van der Waals surface area contributed by atoms with E-state index in [1.54, 1.807) is 18.2 Å². The highest BCUT2D eigenvalue weighted by Gasteiger charge is 2.25. The predicted octanol–water partition coefficient (Wildman–Crippen LogP) is 2.39. The first-order valence-electron chi connectivity index (χ1n) is 9.32. The SMILES string of the molecule is O=C(c1cccc(O)c1)N1CCN(Cc2nc(C3CCCC3)no2)CC1. The smallest absolute Gasteiger partial charge is 0.254 e. The summed E-state index contributed by atoms with van der Waals surface area (Å²) in [6.45, 7) is 3.47. The van der Waals surface area contributed by atoms with Crippen molar-refractivity contribution < 1.29 is 14.4 Å². The average Bonchev–Trinajstić information content (AvgIpc) is 3.33. The van der Waals surface area contributed by atoms with Crippen molar-refractivity contribution in [3.63, 3.8) is 0 Å². The van der Waals surface area contributed by atoms with Crippen LogP contribution in [0.2, 0.25) is 0 Å². The van der Waals surface area contributed by atoms with Crippen LogP contribution in [0.1, 0.15) is 53.7 Å². The lowest BCUT2D eigenvalue weighted by atomic mass is 10.1. The molecule has 1 saturated heterocycles. The molecule has 2 aromatic rings. The maximum absolute atomic E-state index is 12.5. The molecule has 138 valence electrons. The summed E-state index contributed by atoms with van der Waals surface area (Å²) in [5.74, 6) is 2.06. The van der Waals surface area contributed by atoms with Crippen LogP contribution in [0.4, 0.5) is 0 Å². The predicted molar refractivity (Wildman–Crippen MR) is 94.8 cm³/mol. The van der Waals surface area contributed by atoms with Gasteiger partial charge < -0.3 is 14.5 Å². The molecular weight excluding hydrogens is 332 g/mol. The molecule has 2 aliphatic rings. The normalized spacial score (nSPS) is 19.2. The Morgan fingerprint density at radius 1 is 1.19 bits per heavy atom. The molecule has 0 bridgehead atoms. The first-order valence-corrected chi connectivity index (χ1v) is 9.32. The fraction of sp³-hybridized carbons (Fsp3) is 0.526. The Kier molecular flexibility index (Phi) is 4.88. The molecule has 4 rings (SSSR count). The number of phenols is 1. The third kappa shape index (κ3) is 3.72. The Morgan fingerprint density at radius 2 is 1.96 bits per heavy atom. The van der Waals surface area contributed by atoms with Crippen LogP contribution in [0.25, 0.3) is 0 Å². The van der Waals surface area contributed by atoms with E-state index in [4.69, 9.17) is 4.52 Å². The lowest BCUT2D eigenvalue weighted by molar-refractivity contribution is 0.0614. The third-order valence-corrected chi connectivity index (χ3v) is 5.32. The molecule has 1 aliphatic carbocycles. The number of aromatic hydroxyl groups is 1. The second kappa shape index (κ2) is 7.45. The van der Waals surface area contributed by atoms with Gasteiger partial charge in [-0.15, -0.1) is 0 Å². The highest BCUT2D eigenvalue weighted by Crippen LogP contribution is 2.32. The number of hydrogen-bond acceptors (Lipinski definition) is 6. The summed E-state index contributed by atoms with van der Waals surface area (Å²) in [4.78, 5) is 21.1. The Balaban J connectivity index is 1.30. The van der Waals surface area contributed by atoms with Gasteiger partial charge in [0.1, 0.15) is 5.75 Å². The van der Waals surface area contributed by atoms with Crippen LogP contribution in [-0.2, 0) is 6.54 Å².